The number of methoxy groups -OCH3 is 2. The van der Waals surface area contributed by atoms with Crippen LogP contribution in [0.5, 0.6) is 11.5 Å². The Bertz CT molecular complexity index is 1700. The molecule has 3 N–H and O–H groups in total. The second-order valence-corrected chi connectivity index (χ2v) is 10.7. The lowest BCUT2D eigenvalue weighted by atomic mass is 10.0. The van der Waals surface area contributed by atoms with Crippen LogP contribution in [-0.2, 0) is 11.3 Å². The molecule has 43 heavy (non-hydrogen) atoms. The average molecular weight is 603 g/mol. The number of ether oxygens (including phenoxy) is 2. The topological polar surface area (TPSA) is 116 Å². The van der Waals surface area contributed by atoms with Gasteiger partial charge < -0.3 is 34.1 Å². The number of carbonyl (C=O) groups excluding carboxylic acids is 2. The van der Waals surface area contributed by atoms with Crippen molar-refractivity contribution in [1.82, 2.24) is 24.7 Å². The van der Waals surface area contributed by atoms with Gasteiger partial charge in [-0.05, 0) is 55.5 Å². The number of likely N-dealkylation sites (N-methyl/N-ethyl adjacent to an activating group) is 1. The minimum absolute atomic E-state index is 0.0596. The number of piperazine rings is 1. The van der Waals surface area contributed by atoms with E-state index in [-0.39, 0.29) is 23.8 Å². The van der Waals surface area contributed by atoms with E-state index >= 15 is 0 Å². The number of H-pyrrole nitrogens is 1. The third-order valence-electron chi connectivity index (χ3n) is 7.47. The number of carbonyl (C=O) groups is 2. The van der Waals surface area contributed by atoms with Crippen molar-refractivity contribution in [2.24, 2.45) is 0 Å². The molecule has 0 saturated carbocycles. The van der Waals surface area contributed by atoms with E-state index in [0.29, 0.717) is 44.9 Å². The van der Waals surface area contributed by atoms with Crippen LogP contribution in [0.3, 0.4) is 0 Å². The van der Waals surface area contributed by atoms with Gasteiger partial charge in [0, 0.05) is 61.9 Å². The molecule has 11 heteroatoms. The molecule has 2 heterocycles. The molecule has 1 aliphatic rings. The van der Waals surface area contributed by atoms with E-state index in [1.165, 1.54) is 7.11 Å². The van der Waals surface area contributed by atoms with Gasteiger partial charge in [-0.25, -0.2) is 0 Å². The Labute approximate surface area is 256 Å². The summed E-state index contributed by atoms with van der Waals surface area (Å²) in [5.74, 6) is 0.787. The minimum atomic E-state index is -0.316. The van der Waals surface area contributed by atoms with Crippen LogP contribution in [0.4, 0.5) is 0 Å². The molecular formula is C32H38N6O4S. The Balaban J connectivity index is 1.32. The van der Waals surface area contributed by atoms with Gasteiger partial charge in [0.2, 0.25) is 0 Å². The molecule has 1 saturated heterocycles. The number of hydrogen-bond donors (Lipinski definition) is 3. The number of benzene rings is 2. The van der Waals surface area contributed by atoms with E-state index < -0.39 is 0 Å². The molecule has 1 fully saturated rings. The van der Waals surface area contributed by atoms with E-state index in [9.17, 15) is 9.59 Å². The van der Waals surface area contributed by atoms with E-state index in [1.807, 2.05) is 42.2 Å². The number of nitrogens with zero attached hydrogens (tertiary/aromatic N) is 3. The molecule has 0 atom stereocenters. The zero-order valence-corrected chi connectivity index (χ0v) is 25.8. The van der Waals surface area contributed by atoms with Crippen LogP contribution in [0.15, 0.2) is 66.8 Å². The van der Waals surface area contributed by atoms with Crippen LogP contribution in [0, 0.1) is 10.2 Å². The molecule has 0 unspecified atom stereocenters. The van der Waals surface area contributed by atoms with Crippen molar-refractivity contribution in [3.63, 3.8) is 0 Å². The Morgan fingerprint density at radius 1 is 1.07 bits per heavy atom. The molecule has 0 spiro atoms. The van der Waals surface area contributed by atoms with E-state index in [1.54, 1.807) is 36.0 Å². The maximum absolute atomic E-state index is 12.8. The highest BCUT2D eigenvalue weighted by molar-refractivity contribution is 7.71. The summed E-state index contributed by atoms with van der Waals surface area (Å²) in [6.07, 6.45) is 5.32. The van der Waals surface area contributed by atoms with Crippen molar-refractivity contribution >= 4 is 40.5 Å². The molecule has 2 aromatic carbocycles. The fraction of sp³-hybridized carbons (Fsp3) is 0.312. The normalized spacial score (nSPS) is 14.2. The predicted molar refractivity (Wildman–Crippen MR) is 171 cm³/mol. The lowest BCUT2D eigenvalue weighted by molar-refractivity contribution is -0.117. The molecule has 3 aromatic rings. The summed E-state index contributed by atoms with van der Waals surface area (Å²) in [4.78, 5) is 32.6. The number of fused-ring (bicyclic) bond motifs is 1. The van der Waals surface area contributed by atoms with Gasteiger partial charge in [0.15, 0.2) is 16.3 Å². The van der Waals surface area contributed by atoms with Gasteiger partial charge in [-0.1, -0.05) is 36.9 Å². The number of nitrogens with one attached hydrogen (secondary N) is 3. The monoisotopic (exact) mass is 602 g/mol. The highest BCUT2D eigenvalue weighted by atomic mass is 32.1. The summed E-state index contributed by atoms with van der Waals surface area (Å²) in [5, 5.41) is 12.1. The number of hydrogen-bond acceptors (Lipinski definition) is 7. The lowest BCUT2D eigenvalue weighted by Crippen LogP contribution is -2.47. The Hall–Kier alpha value is -4.48. The molecule has 10 nitrogen and oxygen atoms in total. The summed E-state index contributed by atoms with van der Waals surface area (Å²) in [5.41, 5.74) is 3.81. The Morgan fingerprint density at radius 3 is 2.35 bits per heavy atom. The van der Waals surface area contributed by atoms with Crippen LogP contribution < -0.4 is 20.3 Å². The first-order valence-corrected chi connectivity index (χ1v) is 14.4. The predicted octanol–water partition coefficient (Wildman–Crippen LogP) is 3.92. The molecule has 1 aromatic heterocycles. The van der Waals surface area contributed by atoms with Gasteiger partial charge >= 0.3 is 0 Å². The van der Waals surface area contributed by atoms with Crippen molar-refractivity contribution in [2.75, 3.05) is 54.0 Å². The second kappa shape index (κ2) is 14.1. The summed E-state index contributed by atoms with van der Waals surface area (Å²) >= 11 is 5.46. The fourth-order valence-electron chi connectivity index (χ4n) is 4.76. The van der Waals surface area contributed by atoms with Crippen molar-refractivity contribution < 1.29 is 19.1 Å². The van der Waals surface area contributed by atoms with Crippen molar-refractivity contribution in [3.8, 4) is 11.5 Å². The lowest BCUT2D eigenvalue weighted by Gasteiger charge is -2.32. The van der Waals surface area contributed by atoms with Crippen molar-refractivity contribution in [2.45, 2.75) is 13.5 Å². The summed E-state index contributed by atoms with van der Waals surface area (Å²) < 4.78 is 12.7. The molecule has 0 radical (unpaired) electrons. The first-order valence-electron chi connectivity index (χ1n) is 14.0. The number of aromatic amines is 1. The SMILES string of the molecule is C=C(/C=C\C=C(/C)c1ccc(C(=O)N2CCN(C)CC2)cc1)C(=O)NCCn1c(=S)[nH]c2cc(OC)c(OC)cc2c1=N. The highest BCUT2D eigenvalue weighted by Gasteiger charge is 2.20. The average Bonchev–Trinajstić information content (AvgIpc) is 3.01. The number of allylic oxidation sites excluding steroid dienone is 3. The van der Waals surface area contributed by atoms with Gasteiger partial charge in [-0.15, -0.1) is 0 Å². The van der Waals surface area contributed by atoms with Crippen LogP contribution in [0.2, 0.25) is 0 Å². The van der Waals surface area contributed by atoms with Crippen molar-refractivity contribution in [3.05, 3.63) is 88.2 Å². The highest BCUT2D eigenvalue weighted by Crippen LogP contribution is 2.30. The van der Waals surface area contributed by atoms with Gasteiger partial charge in [0.05, 0.1) is 19.7 Å². The van der Waals surface area contributed by atoms with Crippen LogP contribution in [0.1, 0.15) is 22.8 Å². The molecule has 226 valence electrons. The standard InChI is InChI=1S/C32H38N6O4S/c1-21(23-9-11-24(12-10-23)31(40)37-17-15-36(3)16-18-37)7-6-8-22(2)30(39)34-13-14-38-29(33)25-19-27(41-4)28(42-5)20-26(25)35-32(38)43/h6-12,19-20,33H,2,13-18H2,1,3-5H3,(H,34,39)(H,35,43)/b8-6-,21-7+,33-29?. The smallest absolute Gasteiger partial charge is 0.253 e. The minimum Gasteiger partial charge on any atom is -0.493 e. The number of rotatable bonds is 10. The van der Waals surface area contributed by atoms with E-state index in [2.05, 4.69) is 28.8 Å². The number of aromatic nitrogens is 2. The zero-order chi connectivity index (χ0) is 31.1. The van der Waals surface area contributed by atoms with E-state index in [0.717, 1.165) is 37.3 Å². The maximum Gasteiger partial charge on any atom is 0.253 e. The van der Waals surface area contributed by atoms with E-state index in [4.69, 9.17) is 27.1 Å². The zero-order valence-electron chi connectivity index (χ0n) is 25.0. The Kier molecular flexibility index (Phi) is 10.3. The summed E-state index contributed by atoms with van der Waals surface area (Å²) in [7, 11) is 5.15. The van der Waals surface area contributed by atoms with Crippen LogP contribution >= 0.6 is 12.2 Å². The maximum atomic E-state index is 12.8. The van der Waals surface area contributed by atoms with Crippen LogP contribution in [0.25, 0.3) is 16.5 Å². The first-order chi connectivity index (χ1) is 20.6. The molecule has 2 amide bonds. The summed E-state index contributed by atoms with van der Waals surface area (Å²) in [6.45, 7) is 9.65. The Morgan fingerprint density at radius 2 is 1.70 bits per heavy atom. The van der Waals surface area contributed by atoms with Gasteiger partial charge in [-0.3, -0.25) is 15.0 Å². The van der Waals surface area contributed by atoms with Gasteiger partial charge in [0.25, 0.3) is 11.8 Å². The second-order valence-electron chi connectivity index (χ2n) is 10.3. The molecule has 4 rings (SSSR count). The molecule has 1 aliphatic heterocycles. The first kappa shape index (κ1) is 31.5. The number of amides is 2. The summed E-state index contributed by atoms with van der Waals surface area (Å²) in [6, 6.07) is 11.1. The van der Waals surface area contributed by atoms with Gasteiger partial charge in [0.1, 0.15) is 5.49 Å². The molecule has 0 aliphatic carbocycles. The fourth-order valence-corrected chi connectivity index (χ4v) is 5.06. The third-order valence-corrected chi connectivity index (χ3v) is 7.79. The molecular weight excluding hydrogens is 564 g/mol. The van der Waals surface area contributed by atoms with Crippen molar-refractivity contribution in [1.29, 1.82) is 5.41 Å². The third kappa shape index (κ3) is 7.49. The molecule has 0 bridgehead atoms. The quantitative estimate of drug-likeness (QED) is 0.184. The van der Waals surface area contributed by atoms with Crippen LogP contribution in [-0.4, -0.2) is 85.2 Å². The van der Waals surface area contributed by atoms with Gasteiger partial charge in [-0.2, -0.15) is 0 Å². The largest absolute Gasteiger partial charge is 0.493 e.